The molecule has 0 heterocycles. The summed E-state index contributed by atoms with van der Waals surface area (Å²) in [5.74, 6) is 1.45. The number of ether oxygens (including phenoxy) is 1. The zero-order chi connectivity index (χ0) is 13.8. The van der Waals surface area contributed by atoms with E-state index in [1.165, 1.54) is 13.1 Å². The number of hydrogen-bond acceptors (Lipinski definition) is 2. The van der Waals surface area contributed by atoms with Crippen LogP contribution in [0.1, 0.15) is 47.0 Å². The number of rotatable bonds is 12. The van der Waals surface area contributed by atoms with Crippen molar-refractivity contribution in [3.05, 3.63) is 0 Å². The molecule has 0 atom stereocenters. The van der Waals surface area contributed by atoms with Crippen LogP contribution >= 0.6 is 0 Å². The predicted octanol–water partition coefficient (Wildman–Crippen LogP) is 3.22. The molecule has 109 valence electrons. The monoisotopic (exact) mass is 258 g/mol. The van der Waals surface area contributed by atoms with Gasteiger partial charge >= 0.3 is 0 Å². The van der Waals surface area contributed by atoms with Crippen molar-refractivity contribution in [3.8, 4) is 0 Å². The van der Waals surface area contributed by atoms with Crippen molar-refractivity contribution in [3.63, 3.8) is 0 Å². The molecule has 0 aliphatic heterocycles. The van der Waals surface area contributed by atoms with Gasteiger partial charge in [-0.3, -0.25) is 0 Å². The Hall–Kier alpha value is -0.120. The first kappa shape index (κ1) is 17.9. The summed E-state index contributed by atoms with van der Waals surface area (Å²) < 4.78 is 5.53. The quantitative estimate of drug-likeness (QED) is 0.503. The predicted molar refractivity (Wildman–Crippen MR) is 76.3 cm³/mol. The fraction of sp³-hybridized carbons (Fsp3) is 1.00. The normalized spacial score (nSPS) is 12.0. The summed E-state index contributed by atoms with van der Waals surface area (Å²) in [5.41, 5.74) is 0. The van der Waals surface area contributed by atoms with Gasteiger partial charge in [-0.2, -0.15) is 0 Å². The smallest absolute Gasteiger partial charge is 0.0823 e. The highest BCUT2D eigenvalue weighted by atomic mass is 16.5. The zero-order valence-corrected chi connectivity index (χ0v) is 12.8. The van der Waals surface area contributed by atoms with Gasteiger partial charge in [0.25, 0.3) is 0 Å². The molecule has 0 amide bonds. The average Bonchev–Trinajstić information content (AvgIpc) is 2.26. The van der Waals surface area contributed by atoms with E-state index in [9.17, 15) is 5.11 Å². The van der Waals surface area contributed by atoms with Crippen molar-refractivity contribution in [1.29, 1.82) is 0 Å². The molecule has 0 aliphatic carbocycles. The third-order valence-electron chi connectivity index (χ3n) is 2.69. The van der Waals surface area contributed by atoms with Gasteiger partial charge in [-0.15, -0.1) is 0 Å². The van der Waals surface area contributed by atoms with E-state index in [0.717, 1.165) is 50.9 Å². The Kier molecular flexibility index (Phi) is 11.9. The van der Waals surface area contributed by atoms with E-state index in [1.807, 2.05) is 0 Å². The average molecular weight is 258 g/mol. The third-order valence-corrected chi connectivity index (χ3v) is 2.69. The van der Waals surface area contributed by atoms with Gasteiger partial charge in [0.2, 0.25) is 0 Å². The highest BCUT2D eigenvalue weighted by Gasteiger charge is 2.08. The van der Waals surface area contributed by atoms with Gasteiger partial charge in [0, 0.05) is 32.8 Å². The Morgan fingerprint density at radius 1 is 0.889 bits per heavy atom. The fourth-order valence-corrected chi connectivity index (χ4v) is 2.09. The van der Waals surface area contributed by atoms with Gasteiger partial charge in [0.15, 0.2) is 0 Å². The van der Waals surface area contributed by atoms with E-state index in [1.54, 1.807) is 0 Å². The summed E-state index contributed by atoms with van der Waals surface area (Å²) in [6.45, 7) is 14.2. The van der Waals surface area contributed by atoms with Crippen molar-refractivity contribution >= 4 is 0 Å². The summed E-state index contributed by atoms with van der Waals surface area (Å²) in [6.07, 6.45) is 2.74. The van der Waals surface area contributed by atoms with Crippen LogP contribution in [0.3, 0.4) is 0 Å². The lowest BCUT2D eigenvalue weighted by atomic mass is 10.1. The van der Waals surface area contributed by atoms with E-state index in [0.29, 0.717) is 0 Å². The molecule has 0 unspecified atom stereocenters. The van der Waals surface area contributed by atoms with Gasteiger partial charge in [0.1, 0.15) is 0 Å². The first-order valence-corrected chi connectivity index (χ1v) is 7.44. The van der Waals surface area contributed by atoms with Crippen LogP contribution in [0.2, 0.25) is 0 Å². The minimum atomic E-state index is 0.0277. The van der Waals surface area contributed by atoms with Crippen LogP contribution in [-0.4, -0.2) is 44.4 Å². The Balaban J connectivity index is 3.56. The molecule has 18 heavy (non-hydrogen) atoms. The maximum atomic E-state index is 10.3. The van der Waals surface area contributed by atoms with Crippen molar-refractivity contribution in [2.24, 2.45) is 11.8 Å². The van der Waals surface area contributed by atoms with Gasteiger partial charge < -0.3 is 9.64 Å². The number of unbranched alkanes of at least 4 members (excludes halogenated alkanes) is 1. The summed E-state index contributed by atoms with van der Waals surface area (Å²) >= 11 is 0. The molecule has 0 aliphatic rings. The van der Waals surface area contributed by atoms with Crippen LogP contribution in [-0.2, 0) is 9.84 Å². The largest absolute Gasteiger partial charge is 0.381 e. The van der Waals surface area contributed by atoms with E-state index >= 15 is 0 Å². The van der Waals surface area contributed by atoms with Crippen LogP contribution in [0.15, 0.2) is 0 Å². The minimum absolute atomic E-state index is 0.0277. The topological polar surface area (TPSA) is 32.4 Å². The fourth-order valence-electron chi connectivity index (χ4n) is 2.09. The highest BCUT2D eigenvalue weighted by Crippen LogP contribution is 2.04. The summed E-state index contributed by atoms with van der Waals surface area (Å²) in [7, 11) is 0. The molecule has 0 saturated carbocycles. The molecule has 3 nitrogen and oxygen atoms in total. The van der Waals surface area contributed by atoms with Crippen LogP contribution in [0, 0.1) is 11.8 Å². The minimum Gasteiger partial charge on any atom is -0.381 e. The number of hydrogen-bond donors (Lipinski definition) is 0. The third kappa shape index (κ3) is 12.3. The first-order chi connectivity index (χ1) is 8.56. The zero-order valence-electron chi connectivity index (χ0n) is 12.8. The molecular formula is C15H32NO2. The van der Waals surface area contributed by atoms with Crippen LogP contribution < -0.4 is 0 Å². The van der Waals surface area contributed by atoms with Crippen LogP contribution in [0.5, 0.6) is 0 Å². The van der Waals surface area contributed by atoms with Crippen LogP contribution in [0.4, 0.5) is 0 Å². The van der Waals surface area contributed by atoms with Gasteiger partial charge in [0.05, 0.1) is 6.61 Å². The van der Waals surface area contributed by atoms with E-state index < -0.39 is 0 Å². The maximum Gasteiger partial charge on any atom is 0.0823 e. The maximum absolute atomic E-state index is 10.3. The van der Waals surface area contributed by atoms with Crippen molar-refractivity contribution < 1.29 is 9.84 Å². The summed E-state index contributed by atoms with van der Waals surface area (Å²) in [4.78, 5) is 2.54. The molecule has 1 radical (unpaired) electrons. The Morgan fingerprint density at radius 3 is 1.94 bits per heavy atom. The Morgan fingerprint density at radius 2 is 1.44 bits per heavy atom. The second-order valence-electron chi connectivity index (χ2n) is 5.92. The lowest BCUT2D eigenvalue weighted by molar-refractivity contribution is 0.104. The highest BCUT2D eigenvalue weighted by molar-refractivity contribution is 4.62. The molecule has 3 heteroatoms. The van der Waals surface area contributed by atoms with E-state index in [2.05, 4.69) is 32.6 Å². The van der Waals surface area contributed by atoms with Crippen molar-refractivity contribution in [2.45, 2.75) is 47.0 Å². The molecule has 0 aromatic heterocycles. The lowest BCUT2D eigenvalue weighted by Crippen LogP contribution is -2.32. The second-order valence-corrected chi connectivity index (χ2v) is 5.92. The second kappa shape index (κ2) is 11.9. The first-order valence-electron chi connectivity index (χ1n) is 7.44. The molecule has 0 fully saturated rings. The van der Waals surface area contributed by atoms with Crippen molar-refractivity contribution in [2.75, 3.05) is 39.5 Å². The molecular weight excluding hydrogens is 226 g/mol. The SMILES string of the molecule is CC(C)CN(CCCOCCCC[O])CC(C)C. The molecule has 0 aromatic carbocycles. The van der Waals surface area contributed by atoms with Crippen LogP contribution in [0.25, 0.3) is 0 Å². The van der Waals surface area contributed by atoms with E-state index in [4.69, 9.17) is 4.74 Å². The van der Waals surface area contributed by atoms with Gasteiger partial charge in [-0.25, -0.2) is 5.11 Å². The van der Waals surface area contributed by atoms with Crippen molar-refractivity contribution in [1.82, 2.24) is 4.90 Å². The molecule has 0 bridgehead atoms. The molecule has 0 aromatic rings. The molecule has 0 rings (SSSR count). The summed E-state index contributed by atoms with van der Waals surface area (Å²) in [5, 5.41) is 10.3. The standard InChI is InChI=1S/C15H32NO2/c1-14(2)12-16(13-15(3)4)8-7-11-18-10-6-5-9-17/h14-15H,5-13H2,1-4H3. The molecule has 0 saturated heterocycles. The van der Waals surface area contributed by atoms with Gasteiger partial charge in [-0.05, 0) is 31.1 Å². The number of nitrogens with zero attached hydrogens (tertiary/aromatic N) is 1. The molecule has 0 N–H and O–H groups in total. The van der Waals surface area contributed by atoms with Gasteiger partial charge in [-0.1, -0.05) is 27.7 Å². The lowest BCUT2D eigenvalue weighted by Gasteiger charge is -2.26. The van der Waals surface area contributed by atoms with E-state index in [-0.39, 0.29) is 6.61 Å². The molecule has 0 spiro atoms. The summed E-state index contributed by atoms with van der Waals surface area (Å²) in [6, 6.07) is 0. The Bertz CT molecular complexity index is 162. The Labute approximate surface area is 114 Å².